The molecule has 0 aliphatic carbocycles. The van der Waals surface area contributed by atoms with Crippen molar-refractivity contribution in [2.45, 2.75) is 36.7 Å². The van der Waals surface area contributed by atoms with E-state index in [2.05, 4.69) is 25.1 Å². The van der Waals surface area contributed by atoms with Crippen molar-refractivity contribution in [1.29, 1.82) is 1.43 Å². The number of benzene rings is 1. The normalized spacial score (nSPS) is 21.1. The van der Waals surface area contributed by atoms with E-state index < -0.39 is 32.9 Å². The highest BCUT2D eigenvalue weighted by Crippen LogP contribution is 2.33. The second kappa shape index (κ2) is 10.5. The molecule has 0 bridgehead atoms. The minimum Gasteiger partial charge on any atom is -0.394 e. The Morgan fingerprint density at radius 2 is 2.20 bits per heavy atom. The van der Waals surface area contributed by atoms with Crippen molar-refractivity contribution in [3.8, 4) is 0 Å². The average Bonchev–Trinajstić information content (AvgIpc) is 3.42. The molecule has 1 saturated heterocycles. The fourth-order valence-electron chi connectivity index (χ4n) is 3.50. The number of aryl methyl sites for hydroxylation is 1. The van der Waals surface area contributed by atoms with Gasteiger partial charge in [-0.05, 0) is 19.1 Å². The van der Waals surface area contributed by atoms with E-state index in [-0.39, 0.29) is 34.6 Å². The Morgan fingerprint density at radius 1 is 1.43 bits per heavy atom. The Hall–Kier alpha value is -2.78. The van der Waals surface area contributed by atoms with Gasteiger partial charge in [-0.25, -0.2) is 18.4 Å². The second-order valence-electron chi connectivity index (χ2n) is 8.16. The topological polar surface area (TPSA) is 152 Å². The maximum Gasteiger partial charge on any atom is 0.280 e. The Bertz CT molecular complexity index is 1390. The summed E-state index contributed by atoms with van der Waals surface area (Å²) in [5.41, 5.74) is 0.916. The van der Waals surface area contributed by atoms with Crippen LogP contribution in [0.1, 0.15) is 18.2 Å². The van der Waals surface area contributed by atoms with Gasteiger partial charge in [0.1, 0.15) is 18.3 Å². The number of hydrogen-bond acceptors (Lipinski definition) is 10. The zero-order valence-electron chi connectivity index (χ0n) is 20.3. The Morgan fingerprint density at radius 3 is 2.91 bits per heavy atom. The third kappa shape index (κ3) is 5.73. The third-order valence-corrected chi connectivity index (χ3v) is 8.47. The number of aromatic nitrogens is 4. The lowest BCUT2D eigenvalue weighted by molar-refractivity contribution is -0.0532. The average molecular weight is 524 g/mol. The fourth-order valence-corrected chi connectivity index (χ4v) is 5.76. The first-order valence-corrected chi connectivity index (χ1v) is 13.6. The van der Waals surface area contributed by atoms with Crippen LogP contribution in [0.25, 0.3) is 11.2 Å². The number of H-pyrrole nitrogens is 1. The first-order chi connectivity index (χ1) is 17.2. The highest BCUT2D eigenvalue weighted by atomic mass is 33.1. The molecule has 1 aliphatic heterocycles. The predicted octanol–water partition coefficient (Wildman–Crippen LogP) is 1.39. The van der Waals surface area contributed by atoms with E-state index >= 15 is 0 Å². The quantitative estimate of drug-likeness (QED) is 0.173. The first kappa shape index (κ1) is 23.9. The molecule has 14 heteroatoms. The van der Waals surface area contributed by atoms with Crippen LogP contribution in [0.3, 0.4) is 0 Å². The molecule has 0 saturated carbocycles. The van der Waals surface area contributed by atoms with Gasteiger partial charge in [0.2, 0.25) is 16.2 Å². The minimum atomic E-state index is -3.60. The number of hydrogen-bond donors (Lipinski definition) is 2. The molecule has 1 unspecified atom stereocenters. The number of aliphatic hydroxyl groups excluding tert-OH is 1. The van der Waals surface area contributed by atoms with Crippen LogP contribution in [0.15, 0.2) is 45.3 Å². The van der Waals surface area contributed by atoms with E-state index in [0.717, 1.165) is 5.56 Å². The molecule has 1 aromatic carbocycles. The number of fused-ring (bicyclic) bond motifs is 1. The molecular weight excluding hydrogens is 496 g/mol. The second-order valence-corrected chi connectivity index (χ2v) is 12.0. The Labute approximate surface area is 206 Å². The molecule has 0 spiro atoms. The zero-order chi connectivity index (χ0) is 25.9. The molecule has 1 aliphatic rings. The molecule has 3 atom stereocenters. The van der Waals surface area contributed by atoms with E-state index in [9.17, 15) is 13.2 Å². The zero-order valence-corrected chi connectivity index (χ0v) is 21.0. The van der Waals surface area contributed by atoms with Crippen LogP contribution in [0.5, 0.6) is 0 Å². The molecule has 2 N–H and O–H groups in total. The van der Waals surface area contributed by atoms with E-state index in [1.54, 1.807) is 47.8 Å². The van der Waals surface area contributed by atoms with Crippen molar-refractivity contribution < 1.29 is 23.0 Å². The van der Waals surface area contributed by atoms with Crippen LogP contribution in [0, 0.1) is 6.92 Å². The highest BCUT2D eigenvalue weighted by Gasteiger charge is 2.38. The summed E-state index contributed by atoms with van der Waals surface area (Å²) in [5, 5.41) is 4.53. The lowest BCUT2D eigenvalue weighted by atomic mass is 10.2. The maximum atomic E-state index is 12.6. The van der Waals surface area contributed by atoms with Crippen molar-refractivity contribution >= 4 is 43.1 Å². The van der Waals surface area contributed by atoms with Gasteiger partial charge >= 0.3 is 0 Å². The van der Waals surface area contributed by atoms with Crippen molar-refractivity contribution in [3.05, 3.63) is 46.5 Å². The number of nitrogens with zero attached hydrogens (tertiary/aromatic N) is 5. The van der Waals surface area contributed by atoms with Crippen molar-refractivity contribution in [2.75, 3.05) is 26.6 Å². The largest absolute Gasteiger partial charge is 0.394 e. The Balaban J connectivity index is 1.49. The smallest absolute Gasteiger partial charge is 0.280 e. The predicted molar refractivity (Wildman–Crippen MR) is 131 cm³/mol. The summed E-state index contributed by atoms with van der Waals surface area (Å²) < 4.78 is 45.8. The van der Waals surface area contributed by atoms with Crippen LogP contribution >= 0.6 is 10.8 Å². The van der Waals surface area contributed by atoms with E-state index in [1.165, 1.54) is 12.7 Å². The third-order valence-electron chi connectivity index (χ3n) is 5.28. The van der Waals surface area contributed by atoms with Gasteiger partial charge in [-0.2, -0.15) is 4.98 Å². The van der Waals surface area contributed by atoms with Crippen LogP contribution in [0.2, 0.25) is 0 Å². The standard InChI is InChI=1S/C21H26N6O6S2/c1-13-4-6-14(7-5-13)35(30,31)34-12-32-15-8-17(33-16(15)9-28)27-11-22-18-19(27)24-21(25-20(18)29)23-10-26(2)3/h4-7,10-11,15-17,28H,8-9,12H2,1-3H3,(H,24,25,29)/b23-10-/t15?,16-,17-/m1/s1/i28D. The molecule has 3 heterocycles. The molecule has 35 heavy (non-hydrogen) atoms. The first-order valence-electron chi connectivity index (χ1n) is 11.1. The molecule has 12 nitrogen and oxygen atoms in total. The monoisotopic (exact) mass is 523 g/mol. The fraction of sp³-hybridized carbons (Fsp3) is 0.429. The lowest BCUT2D eigenvalue weighted by Gasteiger charge is -2.16. The number of ether oxygens (including phenoxy) is 2. The van der Waals surface area contributed by atoms with Gasteiger partial charge in [-0.1, -0.05) is 17.7 Å². The van der Waals surface area contributed by atoms with E-state index in [1.807, 2.05) is 6.92 Å². The van der Waals surface area contributed by atoms with E-state index in [4.69, 9.17) is 10.9 Å². The van der Waals surface area contributed by atoms with Gasteiger partial charge in [0.25, 0.3) is 5.56 Å². The minimum absolute atomic E-state index is 0.0877. The van der Waals surface area contributed by atoms with Gasteiger partial charge < -0.3 is 19.5 Å². The summed E-state index contributed by atoms with van der Waals surface area (Å²) in [4.78, 5) is 29.6. The summed E-state index contributed by atoms with van der Waals surface area (Å²) in [6, 6.07) is 6.58. The van der Waals surface area contributed by atoms with Gasteiger partial charge in [0.15, 0.2) is 11.2 Å². The number of rotatable bonds is 10. The summed E-state index contributed by atoms with van der Waals surface area (Å²) in [5.74, 6) is -0.0326. The summed E-state index contributed by atoms with van der Waals surface area (Å²) in [6.45, 7) is 1.79. The van der Waals surface area contributed by atoms with Crippen molar-refractivity contribution in [3.63, 3.8) is 0 Å². The van der Waals surface area contributed by atoms with Crippen LogP contribution < -0.4 is 5.56 Å². The Kier molecular flexibility index (Phi) is 7.15. The molecule has 2 aromatic heterocycles. The molecule has 4 rings (SSSR count). The molecule has 0 radical (unpaired) electrons. The van der Waals surface area contributed by atoms with E-state index in [0.29, 0.717) is 17.2 Å². The van der Waals surface area contributed by atoms with Gasteiger partial charge in [0, 0.05) is 31.3 Å². The number of aliphatic hydroxyl groups is 1. The van der Waals surface area contributed by atoms with Gasteiger partial charge in [0.05, 0.1) is 30.3 Å². The SMILES string of the molecule is [2H]OC[C@H]1O[C@@H](n2cnc3c(=O)[nH]c(/N=C\N(C)C)nc32)CC1OCSS(=O)(=O)c1ccc(C)cc1. The van der Waals surface area contributed by atoms with Crippen LogP contribution in [-0.4, -0.2) is 84.6 Å². The molecular formula is C21H26N6O6S2. The number of nitrogens with one attached hydrogen (secondary N) is 1. The lowest BCUT2D eigenvalue weighted by Crippen LogP contribution is -2.27. The number of imidazole rings is 1. The van der Waals surface area contributed by atoms with Crippen molar-refractivity contribution in [2.24, 2.45) is 4.99 Å². The summed E-state index contributed by atoms with van der Waals surface area (Å²) in [7, 11) is 0.639. The highest BCUT2D eigenvalue weighted by molar-refractivity contribution is 8.72. The number of aliphatic imine (C=N–C) groups is 1. The van der Waals surface area contributed by atoms with Crippen LogP contribution in [0.4, 0.5) is 5.95 Å². The molecule has 188 valence electrons. The summed E-state index contributed by atoms with van der Waals surface area (Å²) in [6.07, 6.45) is 1.42. The summed E-state index contributed by atoms with van der Waals surface area (Å²) >= 11 is 0. The van der Waals surface area contributed by atoms with Gasteiger partial charge in [-0.3, -0.25) is 14.3 Å². The molecule has 0 amide bonds. The van der Waals surface area contributed by atoms with Gasteiger partial charge in [-0.15, -0.1) is 0 Å². The van der Waals surface area contributed by atoms with Crippen molar-refractivity contribution in [1.82, 2.24) is 24.4 Å². The molecule has 3 aromatic rings. The number of aromatic amines is 1. The van der Waals surface area contributed by atoms with Crippen LogP contribution in [-0.2, 0) is 18.3 Å². The maximum absolute atomic E-state index is 12.6. The molecule has 1 fully saturated rings.